The Morgan fingerprint density at radius 2 is 1.73 bits per heavy atom. The molecule has 0 N–H and O–H groups in total. The smallest absolute Gasteiger partial charge is 0.191 e. The van der Waals surface area contributed by atoms with Crippen LogP contribution in [0.1, 0.15) is 5.56 Å². The first-order chi connectivity index (χ1) is 6.92. The van der Waals surface area contributed by atoms with Crippen molar-refractivity contribution < 1.29 is 22.0 Å². The zero-order valence-electron chi connectivity index (χ0n) is 8.21. The van der Waals surface area contributed by atoms with E-state index in [-0.39, 0.29) is 4.90 Å². The van der Waals surface area contributed by atoms with E-state index in [1.54, 1.807) is 12.1 Å². The average molecular weight is 249 g/mol. The predicted octanol–water partition coefficient (Wildman–Crippen LogP) is 2.00. The van der Waals surface area contributed by atoms with Crippen LogP contribution in [0, 0.1) is 6.92 Å². The van der Waals surface area contributed by atoms with Gasteiger partial charge < -0.3 is 0 Å². The van der Waals surface area contributed by atoms with Gasteiger partial charge in [-0.15, -0.1) is 0 Å². The monoisotopic (exact) mass is 249 g/mol. The molecule has 0 radical (unpaired) electrons. The second kappa shape index (κ2) is 4.81. The molecule has 1 aromatic rings. The molecule has 0 aliphatic heterocycles. The van der Waals surface area contributed by atoms with Crippen molar-refractivity contribution in [2.45, 2.75) is 11.8 Å². The van der Waals surface area contributed by atoms with Crippen LogP contribution in [0.15, 0.2) is 29.2 Å². The molecule has 15 heavy (non-hydrogen) atoms. The van der Waals surface area contributed by atoms with Crippen molar-refractivity contribution in [1.82, 2.24) is 0 Å². The number of benzene rings is 1. The van der Waals surface area contributed by atoms with Crippen molar-refractivity contribution in [2.75, 3.05) is 6.66 Å². The predicted molar refractivity (Wildman–Crippen MR) is 54.1 cm³/mol. The molecule has 1 unspecified atom stereocenters. The van der Waals surface area contributed by atoms with Crippen molar-refractivity contribution in [1.29, 1.82) is 0 Å². The maximum absolute atomic E-state index is 11.4. The minimum absolute atomic E-state index is 0.0371. The van der Waals surface area contributed by atoms with Crippen molar-refractivity contribution in [3.8, 4) is 0 Å². The summed E-state index contributed by atoms with van der Waals surface area (Å²) >= 11 is 0. The van der Waals surface area contributed by atoms with E-state index in [0.29, 0.717) is 0 Å². The first-order valence-electron chi connectivity index (χ1n) is 4.00. The van der Waals surface area contributed by atoms with Crippen LogP contribution >= 0.6 is 8.03 Å². The van der Waals surface area contributed by atoms with Crippen LogP contribution in [0.2, 0.25) is 0 Å². The molecule has 5 nitrogen and oxygen atoms in total. The highest BCUT2D eigenvalue weighted by atomic mass is 32.2. The Kier molecular flexibility index (Phi) is 3.93. The Bertz CT molecular complexity index is 450. The van der Waals surface area contributed by atoms with Gasteiger partial charge in [0.15, 0.2) is 6.66 Å². The third kappa shape index (κ3) is 3.68. The molecule has 0 bridgehead atoms. The van der Waals surface area contributed by atoms with E-state index in [1.165, 1.54) is 18.8 Å². The average Bonchev–Trinajstić information content (AvgIpc) is 2.16. The first kappa shape index (κ1) is 12.3. The SMILES string of the molecule is Cc1ccc(S(=O)(=O)OO[P+](C)=O)cc1. The van der Waals surface area contributed by atoms with Gasteiger partial charge in [-0.3, -0.25) is 0 Å². The molecule has 0 amide bonds. The normalized spacial score (nSPS) is 12.5. The number of hydrogen-bond acceptors (Lipinski definition) is 5. The highest BCUT2D eigenvalue weighted by molar-refractivity contribution is 7.86. The highest BCUT2D eigenvalue weighted by Gasteiger charge is 2.21. The summed E-state index contributed by atoms with van der Waals surface area (Å²) in [5.41, 5.74) is 0.927. The van der Waals surface area contributed by atoms with Gasteiger partial charge in [0.1, 0.15) is 0 Å². The van der Waals surface area contributed by atoms with Crippen molar-refractivity contribution in [3.05, 3.63) is 29.8 Å². The third-order valence-electron chi connectivity index (χ3n) is 1.53. The second-order valence-corrected chi connectivity index (χ2v) is 5.39. The molecule has 0 saturated heterocycles. The molecule has 1 aromatic carbocycles. The van der Waals surface area contributed by atoms with Crippen LogP contribution in [0.4, 0.5) is 0 Å². The number of rotatable bonds is 4. The van der Waals surface area contributed by atoms with Gasteiger partial charge in [0, 0.05) is 4.67 Å². The molecule has 0 aliphatic carbocycles. The summed E-state index contributed by atoms with van der Waals surface area (Å²) in [5, 5.41) is 0. The lowest BCUT2D eigenvalue weighted by Gasteiger charge is -1.99. The van der Waals surface area contributed by atoms with Gasteiger partial charge in [-0.1, -0.05) is 22.0 Å². The summed E-state index contributed by atoms with van der Waals surface area (Å²) in [5.74, 6) is 0. The van der Waals surface area contributed by atoms with Crippen molar-refractivity contribution in [2.24, 2.45) is 0 Å². The lowest BCUT2D eigenvalue weighted by atomic mass is 10.2. The molecule has 0 aromatic heterocycles. The summed E-state index contributed by atoms with van der Waals surface area (Å²) < 4.78 is 41.5. The summed E-state index contributed by atoms with van der Waals surface area (Å²) in [7, 11) is -6.09. The van der Waals surface area contributed by atoms with Crippen molar-refractivity contribution in [3.63, 3.8) is 0 Å². The summed E-state index contributed by atoms with van der Waals surface area (Å²) in [6.45, 7) is 3.02. The van der Waals surface area contributed by atoms with Crippen LogP contribution in [0.3, 0.4) is 0 Å². The Labute approximate surface area is 88.9 Å². The largest absolute Gasteiger partial charge is 0.537 e. The molecular formula is C8H10O5PS+. The van der Waals surface area contributed by atoms with Gasteiger partial charge >= 0.3 is 18.1 Å². The van der Waals surface area contributed by atoms with Crippen LogP contribution in [-0.2, 0) is 23.7 Å². The standard InChI is InChI=1S/C8H10O5PS/c1-7-3-5-8(6-4-7)15(10,11)13-12-14(2)9/h3-6H,1-2H3/q+1. The number of aryl methyl sites for hydroxylation is 1. The molecule has 1 rings (SSSR count). The molecule has 82 valence electrons. The molecule has 0 fully saturated rings. The van der Waals surface area contributed by atoms with Crippen LogP contribution in [0.5, 0.6) is 0 Å². The maximum atomic E-state index is 11.4. The molecule has 1 atom stereocenters. The Hall–Kier alpha value is -0.810. The second-order valence-electron chi connectivity index (χ2n) is 2.85. The third-order valence-corrected chi connectivity index (χ3v) is 3.02. The van der Waals surface area contributed by atoms with Crippen LogP contribution < -0.4 is 0 Å². The molecule has 0 saturated carbocycles. The van der Waals surface area contributed by atoms with E-state index < -0.39 is 18.1 Å². The molecule has 0 aliphatic rings. The fourth-order valence-corrected chi connectivity index (χ4v) is 2.04. The minimum atomic E-state index is -3.98. The minimum Gasteiger partial charge on any atom is -0.191 e. The summed E-state index contributed by atoms with van der Waals surface area (Å²) in [4.78, 5) is -0.0371. The zero-order chi connectivity index (χ0) is 11.5. The van der Waals surface area contributed by atoms with E-state index in [2.05, 4.69) is 9.01 Å². The van der Waals surface area contributed by atoms with Gasteiger partial charge in [0.05, 0.1) is 4.90 Å². The number of hydrogen-bond donors (Lipinski definition) is 0. The Balaban J connectivity index is 2.87. The van der Waals surface area contributed by atoms with Gasteiger partial charge in [0.25, 0.3) is 0 Å². The van der Waals surface area contributed by atoms with E-state index in [1.807, 2.05) is 6.92 Å². The molecule has 0 spiro atoms. The fourth-order valence-electron chi connectivity index (χ4n) is 0.827. The Morgan fingerprint density at radius 3 is 2.20 bits per heavy atom. The van der Waals surface area contributed by atoms with E-state index in [4.69, 9.17) is 0 Å². The van der Waals surface area contributed by atoms with E-state index >= 15 is 0 Å². The summed E-state index contributed by atoms with van der Waals surface area (Å²) in [6, 6.07) is 6.03. The Morgan fingerprint density at radius 1 is 1.20 bits per heavy atom. The van der Waals surface area contributed by atoms with Gasteiger partial charge in [-0.2, -0.15) is 8.42 Å². The lowest BCUT2D eigenvalue weighted by molar-refractivity contribution is -0.0833. The van der Waals surface area contributed by atoms with E-state index in [0.717, 1.165) is 5.56 Å². The lowest BCUT2D eigenvalue weighted by Crippen LogP contribution is -2.04. The molecule has 0 heterocycles. The quantitative estimate of drug-likeness (QED) is 0.463. The van der Waals surface area contributed by atoms with E-state index in [9.17, 15) is 13.0 Å². The maximum Gasteiger partial charge on any atom is 0.537 e. The van der Waals surface area contributed by atoms with Gasteiger partial charge in [0.2, 0.25) is 0 Å². The zero-order valence-corrected chi connectivity index (χ0v) is 9.92. The van der Waals surface area contributed by atoms with Gasteiger partial charge in [-0.05, 0) is 23.6 Å². The first-order valence-corrected chi connectivity index (χ1v) is 7.04. The molecule has 7 heteroatoms. The van der Waals surface area contributed by atoms with Crippen molar-refractivity contribution >= 4 is 18.1 Å². The van der Waals surface area contributed by atoms with Crippen LogP contribution in [-0.4, -0.2) is 15.1 Å². The topological polar surface area (TPSA) is 69.7 Å². The van der Waals surface area contributed by atoms with Gasteiger partial charge in [-0.25, -0.2) is 0 Å². The highest BCUT2D eigenvalue weighted by Crippen LogP contribution is 2.21. The van der Waals surface area contributed by atoms with Crippen LogP contribution in [0.25, 0.3) is 0 Å². The summed E-state index contributed by atoms with van der Waals surface area (Å²) in [6.07, 6.45) is 0. The molecular weight excluding hydrogens is 239 g/mol. The fraction of sp³-hybridized carbons (Fsp3) is 0.250.